The van der Waals surface area contributed by atoms with E-state index in [2.05, 4.69) is 27.8 Å². The summed E-state index contributed by atoms with van der Waals surface area (Å²) in [5, 5.41) is 13.4. The number of aromatic nitrogens is 2. The Bertz CT molecular complexity index is 470. The fourth-order valence-corrected chi connectivity index (χ4v) is 3.60. The van der Waals surface area contributed by atoms with Crippen molar-refractivity contribution in [1.29, 1.82) is 0 Å². The van der Waals surface area contributed by atoms with Gasteiger partial charge in [0, 0.05) is 11.6 Å². The number of amides is 1. The molecule has 2 heterocycles. The number of carbonyl (C=O) groups excluding carboxylic acids is 1. The van der Waals surface area contributed by atoms with Crippen molar-refractivity contribution in [3.8, 4) is 0 Å². The summed E-state index contributed by atoms with van der Waals surface area (Å²) in [4.78, 5) is 12.4. The molecule has 1 aliphatic heterocycles. The lowest BCUT2D eigenvalue weighted by Gasteiger charge is -2.39. The monoisotopic (exact) mass is 276 g/mol. The predicted molar refractivity (Wildman–Crippen MR) is 78.5 cm³/mol. The predicted octanol–water partition coefficient (Wildman–Crippen LogP) is 2.22. The first-order valence-corrected chi connectivity index (χ1v) is 7.87. The van der Waals surface area contributed by atoms with Crippen molar-refractivity contribution in [2.45, 2.75) is 64.0 Å². The number of aromatic amines is 1. The van der Waals surface area contributed by atoms with Crippen LogP contribution in [0.3, 0.4) is 0 Å². The average molecular weight is 276 g/mol. The Morgan fingerprint density at radius 1 is 1.35 bits per heavy atom. The van der Waals surface area contributed by atoms with E-state index < -0.39 is 0 Å². The molecule has 2 fully saturated rings. The number of carbonyl (C=O) groups is 1. The van der Waals surface area contributed by atoms with E-state index in [0.717, 1.165) is 30.1 Å². The van der Waals surface area contributed by atoms with Crippen LogP contribution in [0.15, 0.2) is 6.20 Å². The third-order valence-electron chi connectivity index (χ3n) is 4.81. The molecule has 0 bridgehead atoms. The molecule has 0 spiro atoms. The maximum atomic E-state index is 12.4. The number of rotatable bonds is 3. The Morgan fingerprint density at radius 2 is 2.20 bits per heavy atom. The molecule has 110 valence electrons. The Kier molecular flexibility index (Phi) is 4.05. The van der Waals surface area contributed by atoms with Crippen LogP contribution >= 0.6 is 0 Å². The summed E-state index contributed by atoms with van der Waals surface area (Å²) in [6, 6.07) is 0.489. The number of H-pyrrole nitrogens is 1. The van der Waals surface area contributed by atoms with Gasteiger partial charge in [0.15, 0.2) is 0 Å². The number of piperidine rings is 1. The molecule has 3 atom stereocenters. The van der Waals surface area contributed by atoms with Crippen LogP contribution in [0.5, 0.6) is 0 Å². The molecule has 1 amide bonds. The van der Waals surface area contributed by atoms with E-state index in [1.165, 1.54) is 32.1 Å². The summed E-state index contributed by atoms with van der Waals surface area (Å²) in [5.74, 6) is 1.61. The van der Waals surface area contributed by atoms with Crippen LogP contribution in [-0.4, -0.2) is 28.2 Å². The molecule has 0 aromatic carbocycles. The van der Waals surface area contributed by atoms with E-state index in [9.17, 15) is 4.79 Å². The Hall–Kier alpha value is -1.36. The fourth-order valence-electron chi connectivity index (χ4n) is 3.60. The van der Waals surface area contributed by atoms with Gasteiger partial charge in [0.05, 0.1) is 12.2 Å². The zero-order valence-corrected chi connectivity index (χ0v) is 12.1. The molecule has 5 nitrogen and oxygen atoms in total. The first-order valence-electron chi connectivity index (χ1n) is 7.87. The van der Waals surface area contributed by atoms with Gasteiger partial charge in [-0.2, -0.15) is 5.10 Å². The minimum Gasteiger partial charge on any atom is -0.309 e. The standard InChI is InChI=1S/C15H24N4O/c1-2-10-9-16-19-14(10)18-15(20)13-8-7-11-5-3-4-6-12(11)17-13/h9,11-13,17H,2-8H2,1H3,(H2,16,18,19,20). The van der Waals surface area contributed by atoms with Crippen molar-refractivity contribution in [3.63, 3.8) is 0 Å². The van der Waals surface area contributed by atoms with Crippen LogP contribution in [0.2, 0.25) is 0 Å². The van der Waals surface area contributed by atoms with E-state index in [-0.39, 0.29) is 11.9 Å². The maximum absolute atomic E-state index is 12.4. The summed E-state index contributed by atoms with van der Waals surface area (Å²) in [7, 11) is 0. The number of fused-ring (bicyclic) bond motifs is 1. The third kappa shape index (κ3) is 2.73. The highest BCUT2D eigenvalue weighted by Gasteiger charge is 2.34. The maximum Gasteiger partial charge on any atom is 0.242 e. The number of hydrogen-bond acceptors (Lipinski definition) is 3. The number of anilines is 1. The Labute approximate surface area is 119 Å². The summed E-state index contributed by atoms with van der Waals surface area (Å²) in [6.07, 6.45) is 9.97. The van der Waals surface area contributed by atoms with Crippen molar-refractivity contribution in [2.24, 2.45) is 5.92 Å². The van der Waals surface area contributed by atoms with Crippen molar-refractivity contribution in [2.75, 3.05) is 5.32 Å². The summed E-state index contributed by atoms with van der Waals surface area (Å²) >= 11 is 0. The molecular weight excluding hydrogens is 252 g/mol. The number of hydrogen-bond donors (Lipinski definition) is 3. The molecule has 3 N–H and O–H groups in total. The largest absolute Gasteiger partial charge is 0.309 e. The Morgan fingerprint density at radius 3 is 3.05 bits per heavy atom. The second-order valence-corrected chi connectivity index (χ2v) is 6.06. The summed E-state index contributed by atoms with van der Waals surface area (Å²) in [5.41, 5.74) is 1.06. The molecule has 2 aliphatic rings. The lowest BCUT2D eigenvalue weighted by molar-refractivity contribution is -0.119. The zero-order chi connectivity index (χ0) is 13.9. The molecule has 3 unspecified atom stereocenters. The van der Waals surface area contributed by atoms with Crippen molar-refractivity contribution >= 4 is 11.7 Å². The van der Waals surface area contributed by atoms with Gasteiger partial charge in [0.1, 0.15) is 5.82 Å². The topological polar surface area (TPSA) is 69.8 Å². The van der Waals surface area contributed by atoms with Gasteiger partial charge in [-0.1, -0.05) is 19.8 Å². The molecule has 20 heavy (non-hydrogen) atoms. The summed E-state index contributed by atoms with van der Waals surface area (Å²) in [6.45, 7) is 2.06. The van der Waals surface area contributed by atoms with E-state index in [1.807, 2.05) is 0 Å². The van der Waals surface area contributed by atoms with Crippen LogP contribution in [0.25, 0.3) is 0 Å². The highest BCUT2D eigenvalue weighted by Crippen LogP contribution is 2.32. The molecular formula is C15H24N4O. The number of nitrogens with zero attached hydrogens (tertiary/aromatic N) is 1. The van der Waals surface area contributed by atoms with Crippen LogP contribution in [0.4, 0.5) is 5.82 Å². The second-order valence-electron chi connectivity index (χ2n) is 6.06. The van der Waals surface area contributed by atoms with Crippen molar-refractivity contribution in [3.05, 3.63) is 11.8 Å². The van der Waals surface area contributed by atoms with Gasteiger partial charge < -0.3 is 10.6 Å². The average Bonchev–Trinajstić information content (AvgIpc) is 2.94. The highest BCUT2D eigenvalue weighted by atomic mass is 16.2. The van der Waals surface area contributed by atoms with E-state index in [4.69, 9.17) is 0 Å². The normalized spacial score (nSPS) is 29.8. The van der Waals surface area contributed by atoms with E-state index in [1.54, 1.807) is 6.20 Å². The quantitative estimate of drug-likeness (QED) is 0.793. The van der Waals surface area contributed by atoms with Crippen LogP contribution in [0.1, 0.15) is 51.0 Å². The fraction of sp³-hybridized carbons (Fsp3) is 0.733. The first kappa shape index (κ1) is 13.6. The van der Waals surface area contributed by atoms with Crippen molar-refractivity contribution in [1.82, 2.24) is 15.5 Å². The molecule has 3 rings (SSSR count). The van der Waals surface area contributed by atoms with Gasteiger partial charge in [-0.3, -0.25) is 9.89 Å². The number of nitrogens with one attached hydrogen (secondary N) is 3. The molecule has 1 aliphatic carbocycles. The lowest BCUT2D eigenvalue weighted by atomic mass is 9.77. The minimum absolute atomic E-state index is 0.0534. The van der Waals surface area contributed by atoms with Gasteiger partial charge in [0.25, 0.3) is 0 Å². The highest BCUT2D eigenvalue weighted by molar-refractivity contribution is 5.94. The van der Waals surface area contributed by atoms with Crippen LogP contribution < -0.4 is 10.6 Å². The summed E-state index contributed by atoms with van der Waals surface area (Å²) < 4.78 is 0. The SMILES string of the molecule is CCc1cn[nH]c1NC(=O)C1CCC2CCCCC2N1. The van der Waals surface area contributed by atoms with Gasteiger partial charge in [-0.05, 0) is 38.0 Å². The molecule has 1 aromatic rings. The molecule has 1 saturated heterocycles. The van der Waals surface area contributed by atoms with Gasteiger partial charge in [0.2, 0.25) is 5.91 Å². The van der Waals surface area contributed by atoms with Crippen LogP contribution in [-0.2, 0) is 11.2 Å². The van der Waals surface area contributed by atoms with Gasteiger partial charge in [-0.15, -0.1) is 0 Å². The molecule has 5 heteroatoms. The molecule has 1 aromatic heterocycles. The lowest BCUT2D eigenvalue weighted by Crippen LogP contribution is -2.53. The molecule has 1 saturated carbocycles. The smallest absolute Gasteiger partial charge is 0.242 e. The zero-order valence-electron chi connectivity index (χ0n) is 12.1. The first-order chi connectivity index (χ1) is 9.78. The van der Waals surface area contributed by atoms with Crippen molar-refractivity contribution < 1.29 is 4.79 Å². The van der Waals surface area contributed by atoms with E-state index >= 15 is 0 Å². The number of aryl methyl sites for hydroxylation is 1. The van der Waals surface area contributed by atoms with Crippen LogP contribution in [0, 0.1) is 5.92 Å². The van der Waals surface area contributed by atoms with E-state index in [0.29, 0.717) is 6.04 Å². The molecule has 0 radical (unpaired) electrons. The Balaban J connectivity index is 1.60. The second kappa shape index (κ2) is 5.95. The third-order valence-corrected chi connectivity index (χ3v) is 4.81. The minimum atomic E-state index is -0.0534. The van der Waals surface area contributed by atoms with Gasteiger partial charge in [-0.25, -0.2) is 0 Å². The van der Waals surface area contributed by atoms with Gasteiger partial charge >= 0.3 is 0 Å².